The Morgan fingerprint density at radius 1 is 1.35 bits per heavy atom. The molecule has 6 heteroatoms. The van der Waals surface area contributed by atoms with E-state index in [0.717, 1.165) is 6.07 Å². The molecule has 1 N–H and O–H groups in total. The highest BCUT2D eigenvalue weighted by atomic mass is 19.1. The molecule has 0 bridgehead atoms. The van der Waals surface area contributed by atoms with Crippen LogP contribution < -0.4 is 5.43 Å². The van der Waals surface area contributed by atoms with Gasteiger partial charge in [-0.15, -0.1) is 0 Å². The quantitative estimate of drug-likeness (QED) is 0.214. The van der Waals surface area contributed by atoms with Crippen LogP contribution in [0.4, 0.5) is 4.39 Å². The second-order valence-electron chi connectivity index (χ2n) is 4.11. The molecule has 0 unspecified atom stereocenters. The van der Waals surface area contributed by atoms with Gasteiger partial charge in [-0.2, -0.15) is 0 Å². The number of benzene rings is 1. The molecule has 1 rings (SSSR count). The van der Waals surface area contributed by atoms with Crippen LogP contribution in [-0.4, -0.2) is 37.5 Å². The van der Waals surface area contributed by atoms with E-state index in [1.165, 1.54) is 29.4 Å². The Morgan fingerprint density at radius 2 is 2.00 bits per heavy atom. The van der Waals surface area contributed by atoms with Gasteiger partial charge in [-0.1, -0.05) is 12.1 Å². The molecule has 1 aromatic rings. The van der Waals surface area contributed by atoms with Gasteiger partial charge in [-0.3, -0.25) is 4.79 Å². The third-order valence-corrected chi connectivity index (χ3v) is 2.33. The van der Waals surface area contributed by atoms with Crippen molar-refractivity contribution >= 4 is 11.8 Å². The lowest BCUT2D eigenvalue weighted by molar-refractivity contribution is -0.138. The van der Waals surface area contributed by atoms with Crippen LogP contribution in [-0.2, 0) is 9.53 Å². The number of hydrazine groups is 1. The molecule has 0 fully saturated rings. The van der Waals surface area contributed by atoms with E-state index < -0.39 is 17.6 Å². The highest BCUT2D eigenvalue weighted by Crippen LogP contribution is 2.13. The van der Waals surface area contributed by atoms with Gasteiger partial charge in [0.1, 0.15) is 11.4 Å². The van der Waals surface area contributed by atoms with Crippen molar-refractivity contribution in [3.8, 4) is 0 Å². The van der Waals surface area contributed by atoms with Crippen LogP contribution in [0.25, 0.3) is 0 Å². The molecule has 0 aromatic heterocycles. The highest BCUT2D eigenvalue weighted by Gasteiger charge is 2.23. The second kappa shape index (κ2) is 7.40. The van der Waals surface area contributed by atoms with Gasteiger partial charge in [0.15, 0.2) is 0 Å². The number of halogens is 1. The molecule has 5 nitrogen and oxygen atoms in total. The lowest BCUT2D eigenvalue weighted by Crippen LogP contribution is -2.28. The minimum atomic E-state index is -0.796. The van der Waals surface area contributed by atoms with Crippen molar-refractivity contribution < 1.29 is 18.7 Å². The zero-order valence-electron chi connectivity index (χ0n) is 11.6. The van der Waals surface area contributed by atoms with Crippen molar-refractivity contribution in [2.75, 3.05) is 20.7 Å². The minimum absolute atomic E-state index is 0.128. The molecule has 0 heterocycles. The number of Topliss-reactive ketones (excluding diaryl/α,β-unsaturated/α-hetero) is 1. The third kappa shape index (κ3) is 4.17. The molecule has 0 radical (unpaired) electrons. The number of ketones is 1. The van der Waals surface area contributed by atoms with Gasteiger partial charge in [0.2, 0.25) is 5.78 Å². The molecule has 1 aromatic carbocycles. The van der Waals surface area contributed by atoms with Crippen molar-refractivity contribution in [3.63, 3.8) is 0 Å². The fraction of sp³-hybridized carbons (Fsp3) is 0.286. The number of hydrogen-bond donors (Lipinski definition) is 1. The summed E-state index contributed by atoms with van der Waals surface area (Å²) in [4.78, 5) is 24.0. The van der Waals surface area contributed by atoms with Crippen molar-refractivity contribution in [2.24, 2.45) is 0 Å². The number of carbonyl (C=O) groups is 2. The Morgan fingerprint density at radius 3 is 2.55 bits per heavy atom. The SMILES string of the molecule is CCOC(=O)/C(=C/NN(C)C)C(=O)c1ccccc1F. The summed E-state index contributed by atoms with van der Waals surface area (Å²) in [5.74, 6) is -2.21. The first kappa shape index (κ1) is 15.8. The number of esters is 1. The number of hydrogen-bond acceptors (Lipinski definition) is 5. The maximum Gasteiger partial charge on any atom is 0.343 e. The maximum atomic E-state index is 13.6. The molecule has 0 saturated heterocycles. The number of nitrogens with one attached hydrogen (secondary N) is 1. The third-order valence-electron chi connectivity index (χ3n) is 2.33. The molecule has 0 atom stereocenters. The average Bonchev–Trinajstić information content (AvgIpc) is 2.39. The lowest BCUT2D eigenvalue weighted by atomic mass is 10.0. The van der Waals surface area contributed by atoms with Gasteiger partial charge < -0.3 is 10.2 Å². The normalized spacial score (nSPS) is 11.3. The Labute approximate surface area is 117 Å². The Bertz CT molecular complexity index is 527. The summed E-state index contributed by atoms with van der Waals surface area (Å²) >= 11 is 0. The molecule has 108 valence electrons. The topological polar surface area (TPSA) is 58.6 Å². The first-order valence-electron chi connectivity index (χ1n) is 6.07. The second-order valence-corrected chi connectivity index (χ2v) is 4.11. The molecule has 0 saturated carbocycles. The lowest BCUT2D eigenvalue weighted by Gasteiger charge is -2.12. The predicted molar refractivity (Wildman–Crippen MR) is 72.3 cm³/mol. The molecule has 0 aliphatic carbocycles. The van der Waals surface area contributed by atoms with Crippen LogP contribution in [0.1, 0.15) is 17.3 Å². The zero-order valence-corrected chi connectivity index (χ0v) is 11.6. The summed E-state index contributed by atoms with van der Waals surface area (Å²) in [6.07, 6.45) is 1.20. The van der Waals surface area contributed by atoms with Crippen LogP contribution in [0.15, 0.2) is 36.0 Å². The van der Waals surface area contributed by atoms with Gasteiger partial charge in [0, 0.05) is 20.3 Å². The van der Waals surface area contributed by atoms with Crippen LogP contribution in [0.3, 0.4) is 0 Å². The number of carbonyl (C=O) groups excluding carboxylic acids is 2. The largest absolute Gasteiger partial charge is 0.462 e. The monoisotopic (exact) mass is 280 g/mol. The summed E-state index contributed by atoms with van der Waals surface area (Å²) in [7, 11) is 3.37. The maximum absolute atomic E-state index is 13.6. The van der Waals surface area contributed by atoms with E-state index in [9.17, 15) is 14.0 Å². The summed E-state index contributed by atoms with van der Waals surface area (Å²) in [5.41, 5.74) is 2.25. The van der Waals surface area contributed by atoms with E-state index in [4.69, 9.17) is 4.74 Å². The Balaban J connectivity index is 3.10. The number of nitrogens with zero attached hydrogens (tertiary/aromatic N) is 1. The van der Waals surface area contributed by atoms with E-state index in [-0.39, 0.29) is 17.7 Å². The van der Waals surface area contributed by atoms with Gasteiger partial charge in [-0.05, 0) is 19.1 Å². The molecule has 0 amide bonds. The fourth-order valence-electron chi connectivity index (χ4n) is 1.41. The molecule has 0 spiro atoms. The summed E-state index contributed by atoms with van der Waals surface area (Å²) in [6, 6.07) is 5.48. The van der Waals surface area contributed by atoms with Gasteiger partial charge >= 0.3 is 5.97 Å². The van der Waals surface area contributed by atoms with E-state index >= 15 is 0 Å². The first-order valence-corrected chi connectivity index (χ1v) is 6.07. The Kier molecular flexibility index (Phi) is 5.86. The van der Waals surface area contributed by atoms with E-state index in [1.807, 2.05) is 0 Å². The molecule has 20 heavy (non-hydrogen) atoms. The summed E-state index contributed by atoms with van der Waals surface area (Å²) in [6.45, 7) is 1.76. The summed E-state index contributed by atoms with van der Waals surface area (Å²) in [5, 5.41) is 1.54. The van der Waals surface area contributed by atoms with E-state index in [1.54, 1.807) is 21.0 Å². The van der Waals surface area contributed by atoms with Crippen LogP contribution in [0, 0.1) is 5.82 Å². The first-order chi connectivity index (χ1) is 9.47. The molecular weight excluding hydrogens is 263 g/mol. The van der Waals surface area contributed by atoms with Crippen molar-refractivity contribution in [1.29, 1.82) is 0 Å². The summed E-state index contributed by atoms with van der Waals surface area (Å²) < 4.78 is 18.4. The molecule has 0 aliphatic rings. The highest BCUT2D eigenvalue weighted by molar-refractivity contribution is 6.24. The van der Waals surface area contributed by atoms with Crippen molar-refractivity contribution in [1.82, 2.24) is 10.4 Å². The van der Waals surface area contributed by atoms with E-state index in [0.29, 0.717) is 0 Å². The van der Waals surface area contributed by atoms with Gasteiger partial charge in [0.05, 0.1) is 12.2 Å². The van der Waals surface area contributed by atoms with Crippen LogP contribution in [0.5, 0.6) is 0 Å². The molecular formula is C14H17FN2O3. The van der Waals surface area contributed by atoms with Gasteiger partial charge in [-0.25, -0.2) is 14.2 Å². The Hall–Kier alpha value is -2.21. The average molecular weight is 280 g/mol. The minimum Gasteiger partial charge on any atom is -0.462 e. The fourth-order valence-corrected chi connectivity index (χ4v) is 1.41. The van der Waals surface area contributed by atoms with E-state index in [2.05, 4.69) is 5.43 Å². The van der Waals surface area contributed by atoms with Gasteiger partial charge in [0.25, 0.3) is 0 Å². The standard InChI is InChI=1S/C14H17FN2O3/c1-4-20-14(19)11(9-16-17(2)3)13(18)10-7-5-6-8-12(10)15/h5-9,16H,4H2,1-3H3/b11-9+. The predicted octanol–water partition coefficient (Wildman–Crippen LogP) is 1.52. The van der Waals surface area contributed by atoms with Crippen LogP contribution >= 0.6 is 0 Å². The number of rotatable bonds is 6. The number of ether oxygens (including phenoxy) is 1. The smallest absolute Gasteiger partial charge is 0.343 e. The van der Waals surface area contributed by atoms with Crippen molar-refractivity contribution in [3.05, 3.63) is 47.4 Å². The van der Waals surface area contributed by atoms with Crippen molar-refractivity contribution in [2.45, 2.75) is 6.92 Å². The van der Waals surface area contributed by atoms with Crippen LogP contribution in [0.2, 0.25) is 0 Å². The molecule has 0 aliphatic heterocycles. The zero-order chi connectivity index (χ0) is 15.1.